The predicted octanol–water partition coefficient (Wildman–Crippen LogP) is 2.96. The van der Waals surface area contributed by atoms with Crippen LogP contribution in [0.2, 0.25) is 0 Å². The Balaban J connectivity index is 3.01. The van der Waals surface area contributed by atoms with Crippen LogP contribution in [0.15, 0.2) is 18.2 Å². The molecule has 1 rings (SSSR count). The molecule has 0 aliphatic rings. The molecule has 1 N–H and O–H groups in total. The van der Waals surface area contributed by atoms with E-state index >= 15 is 0 Å². The summed E-state index contributed by atoms with van der Waals surface area (Å²) in [6, 6.07) is 4.81. The van der Waals surface area contributed by atoms with Gasteiger partial charge in [0, 0.05) is 0 Å². The number of benzene rings is 1. The molecule has 0 unspecified atom stereocenters. The molecule has 0 fully saturated rings. The third kappa shape index (κ3) is 3.37. The van der Waals surface area contributed by atoms with Crippen molar-refractivity contribution in [3.63, 3.8) is 0 Å². The van der Waals surface area contributed by atoms with Crippen LogP contribution in [-0.4, -0.2) is 24.3 Å². The second-order valence-corrected chi connectivity index (χ2v) is 3.72. The van der Waals surface area contributed by atoms with Crippen molar-refractivity contribution in [2.45, 2.75) is 32.8 Å². The van der Waals surface area contributed by atoms with Crippen molar-refractivity contribution in [3.8, 4) is 11.5 Å². The lowest BCUT2D eigenvalue weighted by molar-refractivity contribution is 0.0688. The molecule has 0 atom stereocenters. The highest BCUT2D eigenvalue weighted by Crippen LogP contribution is 2.26. The van der Waals surface area contributed by atoms with E-state index in [0.29, 0.717) is 11.5 Å². The van der Waals surface area contributed by atoms with Gasteiger partial charge in [0.15, 0.2) is 0 Å². The maximum Gasteiger partial charge on any atom is 0.339 e. The summed E-state index contributed by atoms with van der Waals surface area (Å²) in [6.45, 7) is 4.02. The summed E-state index contributed by atoms with van der Waals surface area (Å²) in [5, 5.41) is 9.11. The fourth-order valence-corrected chi connectivity index (χ4v) is 1.54. The first-order valence-corrected chi connectivity index (χ1v) is 5.70. The summed E-state index contributed by atoms with van der Waals surface area (Å²) in [7, 11) is 1.50. The van der Waals surface area contributed by atoms with Crippen molar-refractivity contribution in [1.29, 1.82) is 0 Å². The quantitative estimate of drug-likeness (QED) is 0.827. The van der Waals surface area contributed by atoms with E-state index in [0.717, 1.165) is 12.8 Å². The van der Waals surface area contributed by atoms with E-state index in [1.807, 2.05) is 13.8 Å². The van der Waals surface area contributed by atoms with Crippen LogP contribution in [0.1, 0.15) is 37.0 Å². The molecule has 0 aliphatic carbocycles. The van der Waals surface area contributed by atoms with Crippen molar-refractivity contribution in [2.75, 3.05) is 7.11 Å². The van der Waals surface area contributed by atoms with E-state index in [2.05, 4.69) is 0 Å². The smallest absolute Gasteiger partial charge is 0.339 e. The van der Waals surface area contributed by atoms with Crippen LogP contribution in [0.3, 0.4) is 0 Å². The van der Waals surface area contributed by atoms with Crippen molar-refractivity contribution in [1.82, 2.24) is 0 Å². The second kappa shape index (κ2) is 6.13. The van der Waals surface area contributed by atoms with E-state index in [-0.39, 0.29) is 11.7 Å². The highest BCUT2D eigenvalue weighted by atomic mass is 16.5. The van der Waals surface area contributed by atoms with Crippen LogP contribution in [0.25, 0.3) is 0 Å². The van der Waals surface area contributed by atoms with E-state index in [9.17, 15) is 4.79 Å². The van der Waals surface area contributed by atoms with E-state index in [1.165, 1.54) is 13.2 Å². The standard InChI is InChI=1S/C13H18O4/c1-4-9(5-2)17-12-7-6-10(16-3)8-11(12)13(14)15/h6-9H,4-5H2,1-3H3,(H,14,15). The summed E-state index contributed by atoms with van der Waals surface area (Å²) in [4.78, 5) is 11.1. The first-order chi connectivity index (χ1) is 8.12. The van der Waals surface area contributed by atoms with E-state index in [1.54, 1.807) is 12.1 Å². The highest BCUT2D eigenvalue weighted by molar-refractivity contribution is 5.91. The second-order valence-electron chi connectivity index (χ2n) is 3.72. The van der Waals surface area contributed by atoms with Gasteiger partial charge in [0.05, 0.1) is 13.2 Å². The van der Waals surface area contributed by atoms with Crippen LogP contribution < -0.4 is 9.47 Å². The Hall–Kier alpha value is -1.71. The number of hydrogen-bond acceptors (Lipinski definition) is 3. The fraction of sp³-hybridized carbons (Fsp3) is 0.462. The van der Waals surface area contributed by atoms with Gasteiger partial charge in [-0.2, -0.15) is 0 Å². The van der Waals surface area contributed by atoms with Gasteiger partial charge >= 0.3 is 5.97 Å². The zero-order valence-electron chi connectivity index (χ0n) is 10.4. The fourth-order valence-electron chi connectivity index (χ4n) is 1.54. The normalized spacial score (nSPS) is 10.4. The molecular weight excluding hydrogens is 220 g/mol. The minimum Gasteiger partial charge on any atom is -0.497 e. The predicted molar refractivity (Wildman–Crippen MR) is 65.0 cm³/mol. The van der Waals surface area contributed by atoms with E-state index < -0.39 is 5.97 Å². The van der Waals surface area contributed by atoms with Crippen molar-refractivity contribution >= 4 is 5.97 Å². The van der Waals surface area contributed by atoms with Crippen LogP contribution >= 0.6 is 0 Å². The van der Waals surface area contributed by atoms with Crippen molar-refractivity contribution in [2.24, 2.45) is 0 Å². The van der Waals surface area contributed by atoms with E-state index in [4.69, 9.17) is 14.6 Å². The molecule has 4 nitrogen and oxygen atoms in total. The molecule has 0 spiro atoms. The Labute approximate surface area is 101 Å². The third-order valence-corrected chi connectivity index (χ3v) is 2.62. The molecule has 4 heteroatoms. The first kappa shape index (κ1) is 13.4. The summed E-state index contributed by atoms with van der Waals surface area (Å²) in [5.74, 6) is -0.101. The lowest BCUT2D eigenvalue weighted by Crippen LogP contribution is -2.15. The number of carbonyl (C=O) groups is 1. The zero-order valence-corrected chi connectivity index (χ0v) is 10.4. The average molecular weight is 238 g/mol. The number of hydrogen-bond donors (Lipinski definition) is 1. The van der Waals surface area contributed by atoms with Gasteiger partial charge in [-0.15, -0.1) is 0 Å². The minimum atomic E-state index is -1.01. The number of rotatable bonds is 6. The molecule has 0 saturated carbocycles. The molecular formula is C13H18O4. The van der Waals surface area contributed by atoms with Crippen LogP contribution in [0.5, 0.6) is 11.5 Å². The van der Waals surface area contributed by atoms with Gasteiger partial charge in [-0.25, -0.2) is 4.79 Å². The van der Waals surface area contributed by atoms with Gasteiger partial charge in [0.25, 0.3) is 0 Å². The Bertz CT molecular complexity index is 383. The molecule has 0 heterocycles. The molecule has 0 saturated heterocycles. The SMILES string of the molecule is CCC(CC)Oc1ccc(OC)cc1C(=O)O. The number of methoxy groups -OCH3 is 1. The van der Waals surface area contributed by atoms with Crippen molar-refractivity contribution in [3.05, 3.63) is 23.8 Å². The van der Waals surface area contributed by atoms with Crippen LogP contribution in [-0.2, 0) is 0 Å². The maximum atomic E-state index is 11.1. The molecule has 94 valence electrons. The minimum absolute atomic E-state index is 0.0431. The van der Waals surface area contributed by atoms with Gasteiger partial charge < -0.3 is 14.6 Å². The summed E-state index contributed by atoms with van der Waals surface area (Å²) < 4.78 is 10.7. The number of carboxylic acid groups (broad SMARTS) is 1. The Morgan fingerprint density at radius 1 is 1.35 bits per heavy atom. The van der Waals surface area contributed by atoms with Gasteiger partial charge in [-0.1, -0.05) is 13.8 Å². The number of aromatic carboxylic acids is 1. The lowest BCUT2D eigenvalue weighted by atomic mass is 10.1. The third-order valence-electron chi connectivity index (χ3n) is 2.62. The van der Waals surface area contributed by atoms with Gasteiger partial charge in [0.2, 0.25) is 0 Å². The zero-order chi connectivity index (χ0) is 12.8. The lowest BCUT2D eigenvalue weighted by Gasteiger charge is -2.17. The highest BCUT2D eigenvalue weighted by Gasteiger charge is 2.15. The van der Waals surface area contributed by atoms with Crippen LogP contribution in [0.4, 0.5) is 0 Å². The maximum absolute atomic E-state index is 11.1. The van der Waals surface area contributed by atoms with Gasteiger partial charge in [-0.05, 0) is 31.0 Å². The Morgan fingerprint density at radius 2 is 2.00 bits per heavy atom. The topological polar surface area (TPSA) is 55.8 Å². The van der Waals surface area contributed by atoms with Crippen molar-refractivity contribution < 1.29 is 19.4 Å². The monoisotopic (exact) mass is 238 g/mol. The Morgan fingerprint density at radius 3 is 2.47 bits per heavy atom. The molecule has 1 aromatic carbocycles. The molecule has 0 bridgehead atoms. The molecule has 0 aliphatic heterocycles. The molecule has 0 radical (unpaired) electrons. The van der Waals surface area contributed by atoms with Gasteiger partial charge in [-0.3, -0.25) is 0 Å². The summed E-state index contributed by atoms with van der Waals surface area (Å²) in [5.41, 5.74) is 0.135. The summed E-state index contributed by atoms with van der Waals surface area (Å²) >= 11 is 0. The first-order valence-electron chi connectivity index (χ1n) is 5.70. The molecule has 17 heavy (non-hydrogen) atoms. The molecule has 1 aromatic rings. The largest absolute Gasteiger partial charge is 0.497 e. The van der Waals surface area contributed by atoms with Crippen LogP contribution in [0, 0.1) is 0 Å². The number of ether oxygens (including phenoxy) is 2. The molecule has 0 amide bonds. The summed E-state index contributed by atoms with van der Waals surface area (Å²) in [6.07, 6.45) is 1.74. The number of carboxylic acids is 1. The average Bonchev–Trinajstić information content (AvgIpc) is 2.35. The Kier molecular flexibility index (Phi) is 4.82. The molecule has 0 aromatic heterocycles. The van der Waals surface area contributed by atoms with Gasteiger partial charge in [0.1, 0.15) is 17.1 Å².